The molecule has 1 aliphatic heterocycles. The van der Waals surface area contributed by atoms with Gasteiger partial charge in [-0.2, -0.15) is 0 Å². The molecule has 4 rings (SSSR count). The van der Waals surface area contributed by atoms with E-state index in [0.717, 1.165) is 16.7 Å². The van der Waals surface area contributed by atoms with Gasteiger partial charge >= 0.3 is 0 Å². The molecular weight excluding hydrogens is 483 g/mol. The second-order valence-electron chi connectivity index (χ2n) is 8.48. The molecule has 35 heavy (non-hydrogen) atoms. The number of amides is 2. The van der Waals surface area contributed by atoms with Crippen molar-refractivity contribution in [2.24, 2.45) is 0 Å². The third-order valence-corrected chi connectivity index (χ3v) is 6.84. The topological polar surface area (TPSA) is 69.6 Å². The summed E-state index contributed by atoms with van der Waals surface area (Å²) in [4.78, 5) is 27.4. The van der Waals surface area contributed by atoms with Crippen molar-refractivity contribution < 1.29 is 14.7 Å². The van der Waals surface area contributed by atoms with Crippen LogP contribution in [0.1, 0.15) is 29.2 Å². The standard InChI is InChI=1S/C28H26Cl2N2O3/c29-23-14-13-20(16-24(23)30)10-7-15-31-27(34)22-18-32(28(35)26(22)33)25(21-11-5-2-6-12-21)17-19-8-3-1-4-9-19/h1-6,8-9,11-14,16,25,33H,7,10,15,17-18H2,(H,31,34). The van der Waals surface area contributed by atoms with Crippen LogP contribution in [0.15, 0.2) is 90.2 Å². The van der Waals surface area contributed by atoms with Gasteiger partial charge in [-0.25, -0.2) is 0 Å². The minimum absolute atomic E-state index is 0.0513. The van der Waals surface area contributed by atoms with Crippen LogP contribution >= 0.6 is 23.2 Å². The summed E-state index contributed by atoms with van der Waals surface area (Å²) in [6, 6.07) is 24.7. The Bertz CT molecular complexity index is 1230. The number of carbonyl (C=O) groups is 2. The molecule has 7 heteroatoms. The Hall–Kier alpha value is -3.28. The molecule has 1 unspecified atom stereocenters. The number of nitrogens with one attached hydrogen (secondary N) is 1. The lowest BCUT2D eigenvalue weighted by Crippen LogP contribution is -2.34. The molecule has 0 saturated heterocycles. The van der Waals surface area contributed by atoms with Crippen molar-refractivity contribution in [3.8, 4) is 0 Å². The first-order valence-corrected chi connectivity index (χ1v) is 12.2. The number of rotatable bonds is 9. The summed E-state index contributed by atoms with van der Waals surface area (Å²) in [7, 11) is 0. The van der Waals surface area contributed by atoms with Crippen LogP contribution in [0.25, 0.3) is 0 Å². The highest BCUT2D eigenvalue weighted by molar-refractivity contribution is 6.42. The van der Waals surface area contributed by atoms with Gasteiger partial charge < -0.3 is 15.3 Å². The number of hydrogen-bond acceptors (Lipinski definition) is 3. The van der Waals surface area contributed by atoms with E-state index in [1.807, 2.05) is 72.8 Å². The Morgan fingerprint density at radius 2 is 1.63 bits per heavy atom. The number of benzene rings is 3. The quantitative estimate of drug-likeness (QED) is 0.365. The zero-order valence-electron chi connectivity index (χ0n) is 19.1. The summed E-state index contributed by atoms with van der Waals surface area (Å²) in [5, 5.41) is 14.4. The first kappa shape index (κ1) is 24.8. The molecule has 0 aromatic heterocycles. The number of halogens is 2. The van der Waals surface area contributed by atoms with Crippen LogP contribution in [-0.4, -0.2) is 34.9 Å². The fraction of sp³-hybridized carbons (Fsp3) is 0.214. The number of aryl methyl sites for hydroxylation is 1. The molecule has 0 saturated carbocycles. The van der Waals surface area contributed by atoms with Gasteiger partial charge in [-0.1, -0.05) is 89.9 Å². The second-order valence-corrected chi connectivity index (χ2v) is 9.30. The van der Waals surface area contributed by atoms with Crippen molar-refractivity contribution >= 4 is 35.0 Å². The maximum atomic E-state index is 13.0. The number of aliphatic hydroxyl groups excluding tert-OH is 1. The normalized spacial score (nSPS) is 14.3. The molecule has 5 nitrogen and oxygen atoms in total. The summed E-state index contributed by atoms with van der Waals surface area (Å²) in [6.45, 7) is 0.450. The van der Waals surface area contributed by atoms with Gasteiger partial charge in [0, 0.05) is 6.54 Å². The van der Waals surface area contributed by atoms with Crippen LogP contribution in [-0.2, 0) is 22.4 Å². The number of hydrogen-bond donors (Lipinski definition) is 2. The molecule has 3 aromatic rings. The molecular formula is C28H26Cl2N2O3. The van der Waals surface area contributed by atoms with Crippen LogP contribution in [0, 0.1) is 0 Å². The van der Waals surface area contributed by atoms with Gasteiger partial charge in [-0.15, -0.1) is 0 Å². The molecule has 3 aromatic carbocycles. The van der Waals surface area contributed by atoms with E-state index in [9.17, 15) is 14.7 Å². The Morgan fingerprint density at radius 1 is 0.943 bits per heavy atom. The van der Waals surface area contributed by atoms with Gasteiger partial charge in [-0.3, -0.25) is 9.59 Å². The van der Waals surface area contributed by atoms with Gasteiger partial charge in [0.15, 0.2) is 5.76 Å². The van der Waals surface area contributed by atoms with E-state index in [-0.39, 0.29) is 18.2 Å². The lowest BCUT2D eigenvalue weighted by Gasteiger charge is -2.28. The lowest BCUT2D eigenvalue weighted by atomic mass is 9.97. The molecule has 0 bridgehead atoms. The van der Waals surface area contributed by atoms with Crippen LogP contribution in [0.2, 0.25) is 10.0 Å². The highest BCUT2D eigenvalue weighted by atomic mass is 35.5. The SMILES string of the molecule is O=C(NCCCc1ccc(Cl)c(Cl)c1)C1=C(O)C(=O)N(C(Cc2ccccc2)c2ccccc2)C1. The molecule has 1 aliphatic rings. The minimum Gasteiger partial charge on any atom is -0.503 e. The average molecular weight is 509 g/mol. The smallest absolute Gasteiger partial charge is 0.290 e. The zero-order chi connectivity index (χ0) is 24.8. The van der Waals surface area contributed by atoms with Crippen molar-refractivity contribution in [1.82, 2.24) is 10.2 Å². The van der Waals surface area contributed by atoms with Crippen LogP contribution < -0.4 is 5.32 Å². The summed E-state index contributed by atoms with van der Waals surface area (Å²) >= 11 is 12.0. The van der Waals surface area contributed by atoms with Crippen molar-refractivity contribution in [2.45, 2.75) is 25.3 Å². The van der Waals surface area contributed by atoms with Crippen LogP contribution in [0.5, 0.6) is 0 Å². The van der Waals surface area contributed by atoms with Gasteiger partial charge in [0.05, 0.1) is 28.2 Å². The van der Waals surface area contributed by atoms with Crippen molar-refractivity contribution in [1.29, 1.82) is 0 Å². The molecule has 0 fully saturated rings. The predicted molar refractivity (Wildman–Crippen MR) is 138 cm³/mol. The van der Waals surface area contributed by atoms with Crippen molar-refractivity contribution in [2.75, 3.05) is 13.1 Å². The van der Waals surface area contributed by atoms with E-state index < -0.39 is 17.6 Å². The summed E-state index contributed by atoms with van der Waals surface area (Å²) in [5.41, 5.74) is 3.12. The Morgan fingerprint density at radius 3 is 2.31 bits per heavy atom. The van der Waals surface area contributed by atoms with Gasteiger partial charge in [0.2, 0.25) is 0 Å². The highest BCUT2D eigenvalue weighted by Gasteiger charge is 2.38. The predicted octanol–water partition coefficient (Wildman–Crippen LogP) is 5.68. The Kier molecular flexibility index (Phi) is 8.11. The van der Waals surface area contributed by atoms with E-state index in [2.05, 4.69) is 5.32 Å². The van der Waals surface area contributed by atoms with Crippen molar-refractivity contribution in [3.63, 3.8) is 0 Å². The van der Waals surface area contributed by atoms with Crippen LogP contribution in [0.3, 0.4) is 0 Å². The van der Waals surface area contributed by atoms with E-state index >= 15 is 0 Å². The van der Waals surface area contributed by atoms with Gasteiger partial charge in [-0.05, 0) is 48.1 Å². The van der Waals surface area contributed by atoms with Crippen LogP contribution in [0.4, 0.5) is 0 Å². The fourth-order valence-electron chi connectivity index (χ4n) is 4.23. The summed E-state index contributed by atoms with van der Waals surface area (Å²) in [6.07, 6.45) is 1.96. The maximum Gasteiger partial charge on any atom is 0.290 e. The molecule has 180 valence electrons. The Balaban J connectivity index is 1.41. The van der Waals surface area contributed by atoms with E-state index in [1.54, 1.807) is 11.0 Å². The lowest BCUT2D eigenvalue weighted by molar-refractivity contribution is -0.130. The Labute approximate surface area is 215 Å². The number of nitrogens with zero attached hydrogens (tertiary/aromatic N) is 1. The average Bonchev–Trinajstić information content (AvgIpc) is 3.17. The number of aliphatic hydroxyl groups is 1. The molecule has 0 aliphatic carbocycles. The van der Waals surface area contributed by atoms with Gasteiger partial charge in [0.1, 0.15) is 0 Å². The molecule has 1 heterocycles. The largest absolute Gasteiger partial charge is 0.503 e. The van der Waals surface area contributed by atoms with E-state index in [1.165, 1.54) is 0 Å². The third kappa shape index (κ3) is 6.05. The molecule has 0 radical (unpaired) electrons. The monoisotopic (exact) mass is 508 g/mol. The molecule has 1 atom stereocenters. The fourth-order valence-corrected chi connectivity index (χ4v) is 4.55. The summed E-state index contributed by atoms with van der Waals surface area (Å²) < 4.78 is 0. The molecule has 0 spiro atoms. The third-order valence-electron chi connectivity index (χ3n) is 6.10. The van der Waals surface area contributed by atoms with Crippen molar-refractivity contribution in [3.05, 3.63) is 117 Å². The minimum atomic E-state index is -0.532. The van der Waals surface area contributed by atoms with E-state index in [0.29, 0.717) is 35.9 Å². The maximum absolute atomic E-state index is 13.0. The highest BCUT2D eigenvalue weighted by Crippen LogP contribution is 2.31. The molecule has 2 amide bonds. The number of carbonyl (C=O) groups excluding carboxylic acids is 2. The first-order chi connectivity index (χ1) is 16.9. The van der Waals surface area contributed by atoms with Gasteiger partial charge in [0.25, 0.3) is 11.8 Å². The first-order valence-electron chi connectivity index (χ1n) is 11.5. The summed E-state index contributed by atoms with van der Waals surface area (Å²) in [5.74, 6) is -1.45. The van der Waals surface area contributed by atoms with E-state index in [4.69, 9.17) is 23.2 Å². The molecule has 2 N–H and O–H groups in total. The second kappa shape index (κ2) is 11.4. The zero-order valence-corrected chi connectivity index (χ0v) is 20.6.